The Labute approximate surface area is 118 Å². The summed E-state index contributed by atoms with van der Waals surface area (Å²) in [4.78, 5) is 11.6. The van der Waals surface area contributed by atoms with Gasteiger partial charge in [0.2, 0.25) is 9.84 Å². The molecule has 0 amide bonds. The average molecular weight is 286 g/mol. The lowest BCUT2D eigenvalue weighted by atomic mass is 10.2. The third kappa shape index (κ3) is 3.03. The number of Topliss-reactive ketones (excluding diaryl/α,β-unsaturated/α-hetero) is 1. The zero-order valence-electron chi connectivity index (χ0n) is 11.0. The number of ketones is 1. The summed E-state index contributed by atoms with van der Waals surface area (Å²) in [7, 11) is -3.79. The van der Waals surface area contributed by atoms with Crippen LogP contribution in [0.15, 0.2) is 70.5 Å². The van der Waals surface area contributed by atoms with E-state index in [9.17, 15) is 13.2 Å². The van der Waals surface area contributed by atoms with Crippen LogP contribution in [0.25, 0.3) is 6.08 Å². The minimum atomic E-state index is -3.79. The molecule has 2 rings (SSSR count). The van der Waals surface area contributed by atoms with Gasteiger partial charge in [-0.1, -0.05) is 48.5 Å². The Bertz CT molecular complexity index is 730. The Morgan fingerprint density at radius 2 is 1.40 bits per heavy atom. The van der Waals surface area contributed by atoms with Crippen LogP contribution in [0.1, 0.15) is 12.5 Å². The fraction of sp³-hybridized carbons (Fsp3) is 0.0625. The van der Waals surface area contributed by atoms with Crippen LogP contribution in [0.2, 0.25) is 0 Å². The normalized spacial score (nSPS) is 12.2. The van der Waals surface area contributed by atoms with Gasteiger partial charge in [-0.25, -0.2) is 8.42 Å². The molecule has 3 nitrogen and oxygen atoms in total. The number of carbonyl (C=O) groups is 1. The van der Waals surface area contributed by atoms with Gasteiger partial charge in [-0.2, -0.15) is 0 Å². The number of hydrogen-bond acceptors (Lipinski definition) is 3. The largest absolute Gasteiger partial charge is 0.294 e. The lowest BCUT2D eigenvalue weighted by molar-refractivity contribution is -0.112. The lowest BCUT2D eigenvalue weighted by Gasteiger charge is -2.06. The average Bonchev–Trinajstić information content (AvgIpc) is 2.46. The Hall–Kier alpha value is -2.20. The molecular weight excluding hydrogens is 272 g/mol. The number of benzene rings is 2. The van der Waals surface area contributed by atoms with E-state index < -0.39 is 15.6 Å². The van der Waals surface area contributed by atoms with Crippen LogP contribution in [-0.2, 0) is 14.6 Å². The summed E-state index contributed by atoms with van der Waals surface area (Å²) in [5.41, 5.74) is 0.678. The summed E-state index contributed by atoms with van der Waals surface area (Å²) < 4.78 is 25.0. The molecule has 0 aliphatic carbocycles. The van der Waals surface area contributed by atoms with Crippen molar-refractivity contribution < 1.29 is 13.2 Å². The van der Waals surface area contributed by atoms with E-state index in [2.05, 4.69) is 0 Å². The molecule has 0 aliphatic rings. The van der Waals surface area contributed by atoms with E-state index in [0.717, 1.165) is 0 Å². The molecule has 0 heterocycles. The third-order valence-electron chi connectivity index (χ3n) is 2.79. The SMILES string of the molecule is CC(=O)/C(=C/c1ccccc1)S(=O)(=O)c1ccccc1. The molecule has 0 N–H and O–H groups in total. The minimum Gasteiger partial charge on any atom is -0.294 e. The Kier molecular flexibility index (Phi) is 4.15. The lowest BCUT2D eigenvalue weighted by Crippen LogP contribution is -2.11. The summed E-state index contributed by atoms with van der Waals surface area (Å²) in [6.45, 7) is 1.26. The van der Waals surface area contributed by atoms with Crippen LogP contribution in [0.4, 0.5) is 0 Å². The molecule has 0 aliphatic heterocycles. The maximum Gasteiger partial charge on any atom is 0.210 e. The molecule has 0 saturated heterocycles. The van der Waals surface area contributed by atoms with Crippen LogP contribution in [-0.4, -0.2) is 14.2 Å². The molecule has 2 aromatic carbocycles. The van der Waals surface area contributed by atoms with Gasteiger partial charge in [-0.15, -0.1) is 0 Å². The van der Waals surface area contributed by atoms with Crippen LogP contribution < -0.4 is 0 Å². The van der Waals surface area contributed by atoms with Crippen molar-refractivity contribution in [3.05, 3.63) is 71.1 Å². The molecule has 0 radical (unpaired) electrons. The number of allylic oxidation sites excluding steroid dienone is 1. The maximum absolute atomic E-state index is 12.5. The van der Waals surface area contributed by atoms with Crippen molar-refractivity contribution in [1.29, 1.82) is 0 Å². The van der Waals surface area contributed by atoms with Gasteiger partial charge in [0, 0.05) is 0 Å². The summed E-state index contributed by atoms with van der Waals surface area (Å²) in [6.07, 6.45) is 1.41. The Morgan fingerprint density at radius 1 is 0.900 bits per heavy atom. The van der Waals surface area contributed by atoms with Crippen molar-refractivity contribution in [3.8, 4) is 0 Å². The molecule has 0 atom stereocenters. The van der Waals surface area contributed by atoms with Gasteiger partial charge in [0.05, 0.1) is 4.90 Å². The van der Waals surface area contributed by atoms with E-state index in [4.69, 9.17) is 0 Å². The molecule has 20 heavy (non-hydrogen) atoms. The van der Waals surface area contributed by atoms with Crippen molar-refractivity contribution in [2.24, 2.45) is 0 Å². The second-order valence-corrected chi connectivity index (χ2v) is 6.21. The van der Waals surface area contributed by atoms with Crippen molar-refractivity contribution in [1.82, 2.24) is 0 Å². The predicted molar refractivity (Wildman–Crippen MR) is 78.7 cm³/mol. The molecular formula is C16H14O3S. The van der Waals surface area contributed by atoms with E-state index in [-0.39, 0.29) is 9.80 Å². The first kappa shape index (κ1) is 14.2. The van der Waals surface area contributed by atoms with Crippen molar-refractivity contribution in [3.63, 3.8) is 0 Å². The molecule has 4 heteroatoms. The highest BCUT2D eigenvalue weighted by Crippen LogP contribution is 2.22. The zero-order chi connectivity index (χ0) is 14.6. The molecule has 2 aromatic rings. The van der Waals surface area contributed by atoms with E-state index in [1.807, 2.05) is 6.07 Å². The van der Waals surface area contributed by atoms with Gasteiger partial charge >= 0.3 is 0 Å². The van der Waals surface area contributed by atoms with Gasteiger partial charge in [0.25, 0.3) is 0 Å². The highest BCUT2D eigenvalue weighted by molar-refractivity contribution is 7.96. The fourth-order valence-electron chi connectivity index (χ4n) is 1.80. The van der Waals surface area contributed by atoms with E-state index in [1.54, 1.807) is 42.5 Å². The van der Waals surface area contributed by atoms with Gasteiger partial charge in [0.1, 0.15) is 4.91 Å². The molecule has 0 spiro atoms. The molecule has 0 fully saturated rings. The van der Waals surface area contributed by atoms with Crippen LogP contribution in [0.5, 0.6) is 0 Å². The molecule has 0 aromatic heterocycles. The van der Waals surface area contributed by atoms with E-state index in [0.29, 0.717) is 5.56 Å². The summed E-state index contributed by atoms with van der Waals surface area (Å²) in [5, 5.41) is 0. The fourth-order valence-corrected chi connectivity index (χ4v) is 3.23. The first-order chi connectivity index (χ1) is 9.51. The smallest absolute Gasteiger partial charge is 0.210 e. The van der Waals surface area contributed by atoms with Crippen molar-refractivity contribution in [2.45, 2.75) is 11.8 Å². The van der Waals surface area contributed by atoms with Crippen molar-refractivity contribution >= 4 is 21.7 Å². The first-order valence-corrected chi connectivity index (χ1v) is 7.58. The number of carbonyl (C=O) groups excluding carboxylic acids is 1. The van der Waals surface area contributed by atoms with Crippen LogP contribution in [0, 0.1) is 0 Å². The predicted octanol–water partition coefficient (Wildman–Crippen LogP) is 3.09. The van der Waals surface area contributed by atoms with Crippen molar-refractivity contribution in [2.75, 3.05) is 0 Å². The first-order valence-electron chi connectivity index (χ1n) is 6.09. The summed E-state index contributed by atoms with van der Waals surface area (Å²) in [5.74, 6) is -0.474. The Morgan fingerprint density at radius 3 is 1.90 bits per heavy atom. The number of sulfone groups is 1. The van der Waals surface area contributed by atoms with Gasteiger partial charge in [0.15, 0.2) is 5.78 Å². The zero-order valence-corrected chi connectivity index (χ0v) is 11.8. The highest BCUT2D eigenvalue weighted by Gasteiger charge is 2.23. The van der Waals surface area contributed by atoms with E-state index >= 15 is 0 Å². The number of hydrogen-bond donors (Lipinski definition) is 0. The molecule has 102 valence electrons. The van der Waals surface area contributed by atoms with Gasteiger partial charge < -0.3 is 0 Å². The van der Waals surface area contributed by atoms with Crippen LogP contribution in [0.3, 0.4) is 0 Å². The van der Waals surface area contributed by atoms with Gasteiger partial charge in [-0.05, 0) is 30.7 Å². The Balaban J connectivity index is 2.56. The monoisotopic (exact) mass is 286 g/mol. The summed E-state index contributed by atoms with van der Waals surface area (Å²) in [6, 6.07) is 16.9. The van der Waals surface area contributed by atoms with E-state index in [1.165, 1.54) is 25.1 Å². The minimum absolute atomic E-state index is 0.123. The third-order valence-corrected chi connectivity index (χ3v) is 4.66. The molecule has 0 saturated carbocycles. The second-order valence-electron chi connectivity index (χ2n) is 4.29. The maximum atomic E-state index is 12.5. The number of rotatable bonds is 4. The standard InChI is InChI=1S/C16H14O3S/c1-13(17)16(12-14-8-4-2-5-9-14)20(18,19)15-10-6-3-7-11-15/h2-12H,1H3/b16-12-. The summed E-state index contributed by atoms with van der Waals surface area (Å²) >= 11 is 0. The topological polar surface area (TPSA) is 51.2 Å². The second kappa shape index (κ2) is 5.84. The quantitative estimate of drug-likeness (QED) is 0.812. The highest BCUT2D eigenvalue weighted by atomic mass is 32.2. The van der Waals surface area contributed by atoms with Gasteiger partial charge in [-0.3, -0.25) is 4.79 Å². The van der Waals surface area contributed by atoms with Crippen LogP contribution >= 0.6 is 0 Å². The molecule has 0 unspecified atom stereocenters. The molecule has 0 bridgehead atoms.